The highest BCUT2D eigenvalue weighted by Gasteiger charge is 2.28. The minimum atomic E-state index is -0.0739. The third kappa shape index (κ3) is 3.47. The molecule has 0 aliphatic carbocycles. The summed E-state index contributed by atoms with van der Waals surface area (Å²) in [4.78, 5) is 33.7. The van der Waals surface area contributed by atoms with Crippen LogP contribution >= 0.6 is 0 Å². The summed E-state index contributed by atoms with van der Waals surface area (Å²) in [5.74, 6) is -0.113. The predicted molar refractivity (Wildman–Crippen MR) is 106 cm³/mol. The molecule has 3 heterocycles. The van der Waals surface area contributed by atoms with Crippen molar-refractivity contribution in [2.75, 3.05) is 20.1 Å². The second-order valence-corrected chi connectivity index (χ2v) is 7.14. The van der Waals surface area contributed by atoms with Gasteiger partial charge in [0.1, 0.15) is 11.4 Å². The molecule has 0 bridgehead atoms. The maximum atomic E-state index is 13.1. The van der Waals surface area contributed by atoms with Crippen molar-refractivity contribution in [3.05, 3.63) is 60.2 Å². The third-order valence-corrected chi connectivity index (χ3v) is 5.46. The molecule has 1 aromatic carbocycles. The maximum absolute atomic E-state index is 13.1. The number of aromatic amines is 1. The van der Waals surface area contributed by atoms with Crippen LogP contribution in [0.15, 0.2) is 48.8 Å². The number of nitrogens with zero attached hydrogens (tertiary/aromatic N) is 4. The molecule has 0 radical (unpaired) electrons. The Morgan fingerprint density at radius 1 is 1.11 bits per heavy atom. The van der Waals surface area contributed by atoms with E-state index in [0.29, 0.717) is 24.5 Å². The van der Waals surface area contributed by atoms with E-state index >= 15 is 0 Å². The van der Waals surface area contributed by atoms with Crippen molar-refractivity contribution in [2.45, 2.75) is 25.3 Å². The van der Waals surface area contributed by atoms with Crippen molar-refractivity contribution < 1.29 is 9.59 Å². The Kier molecular flexibility index (Phi) is 5.06. The van der Waals surface area contributed by atoms with Gasteiger partial charge in [-0.2, -0.15) is 5.10 Å². The van der Waals surface area contributed by atoms with E-state index < -0.39 is 0 Å². The van der Waals surface area contributed by atoms with Crippen molar-refractivity contribution in [1.29, 1.82) is 0 Å². The number of likely N-dealkylation sites (tertiary alicyclic amines) is 1. The first kappa shape index (κ1) is 18.2. The molecule has 7 heteroatoms. The van der Waals surface area contributed by atoms with Gasteiger partial charge in [0.15, 0.2) is 0 Å². The van der Waals surface area contributed by atoms with Gasteiger partial charge in [-0.15, -0.1) is 0 Å². The maximum Gasteiger partial charge on any atom is 0.273 e. The lowest BCUT2D eigenvalue weighted by molar-refractivity contribution is 0.0706. The number of benzene rings is 1. The zero-order valence-corrected chi connectivity index (χ0v) is 15.8. The monoisotopic (exact) mass is 377 g/mol. The molecule has 28 heavy (non-hydrogen) atoms. The van der Waals surface area contributed by atoms with E-state index in [1.807, 2.05) is 42.3 Å². The van der Waals surface area contributed by atoms with Crippen molar-refractivity contribution in [1.82, 2.24) is 25.0 Å². The molecule has 1 aliphatic rings. The zero-order valence-electron chi connectivity index (χ0n) is 15.8. The normalized spacial score (nSPS) is 17.3. The van der Waals surface area contributed by atoms with Crippen molar-refractivity contribution in [2.24, 2.45) is 0 Å². The Morgan fingerprint density at radius 2 is 1.96 bits per heavy atom. The molecule has 1 fully saturated rings. The van der Waals surface area contributed by atoms with Gasteiger partial charge in [0.2, 0.25) is 0 Å². The molecular weight excluding hydrogens is 354 g/mol. The van der Waals surface area contributed by atoms with Gasteiger partial charge in [-0.25, -0.2) is 0 Å². The molecular formula is C21H23N5O2. The van der Waals surface area contributed by atoms with Crippen LogP contribution in [-0.4, -0.2) is 63.0 Å². The van der Waals surface area contributed by atoms with Gasteiger partial charge < -0.3 is 9.80 Å². The summed E-state index contributed by atoms with van der Waals surface area (Å²) in [6.07, 6.45) is 5.72. The summed E-state index contributed by atoms with van der Waals surface area (Å²) in [6.45, 7) is 1.30. The number of amides is 2. The summed E-state index contributed by atoms with van der Waals surface area (Å²) in [7, 11) is 1.84. The summed E-state index contributed by atoms with van der Waals surface area (Å²) < 4.78 is 0. The molecule has 7 nitrogen and oxygen atoms in total. The summed E-state index contributed by atoms with van der Waals surface area (Å²) in [5, 5.41) is 8.46. The Bertz CT molecular complexity index is 980. The van der Waals surface area contributed by atoms with Gasteiger partial charge in [0.25, 0.3) is 11.8 Å². The molecule has 1 saturated heterocycles. The van der Waals surface area contributed by atoms with Crippen molar-refractivity contribution >= 4 is 22.6 Å². The Balaban J connectivity index is 1.48. The molecule has 1 N–H and O–H groups in total. The second kappa shape index (κ2) is 7.80. The van der Waals surface area contributed by atoms with Gasteiger partial charge in [0, 0.05) is 44.0 Å². The highest BCUT2D eigenvalue weighted by molar-refractivity contribution is 6.05. The SMILES string of the molecule is CN(C(=O)c1nccc2ccccc12)[C@@H]1CCCN(C(=O)c2ccn[nH]2)CC1. The van der Waals surface area contributed by atoms with Crippen LogP contribution in [0.3, 0.4) is 0 Å². The smallest absolute Gasteiger partial charge is 0.273 e. The number of fused-ring (bicyclic) bond motifs is 1. The fourth-order valence-electron chi connectivity index (χ4n) is 3.84. The molecule has 3 aromatic rings. The largest absolute Gasteiger partial charge is 0.337 e. The van der Waals surface area contributed by atoms with Crippen LogP contribution in [0, 0.1) is 0 Å². The van der Waals surface area contributed by atoms with Crippen LogP contribution in [0.2, 0.25) is 0 Å². The fraction of sp³-hybridized carbons (Fsp3) is 0.333. The average molecular weight is 377 g/mol. The number of pyridine rings is 1. The number of carbonyl (C=O) groups excluding carboxylic acids is 2. The first-order chi connectivity index (χ1) is 13.6. The zero-order chi connectivity index (χ0) is 19.5. The van der Waals surface area contributed by atoms with Crippen molar-refractivity contribution in [3.8, 4) is 0 Å². The number of hydrogen-bond acceptors (Lipinski definition) is 4. The quantitative estimate of drug-likeness (QED) is 0.761. The minimum Gasteiger partial charge on any atom is -0.337 e. The van der Waals surface area contributed by atoms with Crippen LogP contribution in [0.5, 0.6) is 0 Å². The standard InChI is InChI=1S/C21H23N5O2/c1-25(21(28)19-17-7-3-2-5-15(17)8-11-22-19)16-6-4-13-26(14-10-16)20(27)18-9-12-23-24-18/h2-3,5,7-9,11-12,16H,4,6,10,13-14H2,1H3,(H,23,24)/t16-/m1/s1. The van der Waals surface area contributed by atoms with Crippen LogP contribution < -0.4 is 0 Å². The summed E-state index contributed by atoms with van der Waals surface area (Å²) in [5.41, 5.74) is 0.984. The molecule has 1 atom stereocenters. The number of aromatic nitrogens is 3. The topological polar surface area (TPSA) is 82.2 Å². The Labute approximate surface area is 163 Å². The summed E-state index contributed by atoms with van der Waals surface area (Å²) in [6, 6.07) is 11.5. The summed E-state index contributed by atoms with van der Waals surface area (Å²) >= 11 is 0. The van der Waals surface area contributed by atoms with E-state index in [2.05, 4.69) is 15.2 Å². The van der Waals surface area contributed by atoms with Gasteiger partial charge in [-0.05, 0) is 36.8 Å². The van der Waals surface area contributed by atoms with Crippen LogP contribution in [0.25, 0.3) is 10.8 Å². The lowest BCUT2D eigenvalue weighted by Crippen LogP contribution is -2.39. The molecule has 0 saturated carbocycles. The second-order valence-electron chi connectivity index (χ2n) is 7.14. The number of hydrogen-bond donors (Lipinski definition) is 1. The molecule has 2 amide bonds. The first-order valence-electron chi connectivity index (χ1n) is 9.54. The fourth-order valence-corrected chi connectivity index (χ4v) is 3.84. The molecule has 4 rings (SSSR count). The number of H-pyrrole nitrogens is 1. The van der Waals surface area contributed by atoms with E-state index in [9.17, 15) is 9.59 Å². The van der Waals surface area contributed by atoms with E-state index in [1.54, 1.807) is 23.4 Å². The van der Waals surface area contributed by atoms with Gasteiger partial charge in [-0.3, -0.25) is 19.7 Å². The van der Waals surface area contributed by atoms with Gasteiger partial charge >= 0.3 is 0 Å². The van der Waals surface area contributed by atoms with E-state index in [0.717, 1.165) is 30.0 Å². The third-order valence-electron chi connectivity index (χ3n) is 5.46. The number of nitrogens with one attached hydrogen (secondary N) is 1. The van der Waals surface area contributed by atoms with E-state index in [1.165, 1.54) is 0 Å². The molecule has 144 valence electrons. The number of carbonyl (C=O) groups is 2. The van der Waals surface area contributed by atoms with Crippen LogP contribution in [0.1, 0.15) is 40.2 Å². The first-order valence-corrected chi connectivity index (χ1v) is 9.54. The Morgan fingerprint density at radius 3 is 2.79 bits per heavy atom. The lowest BCUT2D eigenvalue weighted by Gasteiger charge is -2.27. The lowest BCUT2D eigenvalue weighted by atomic mass is 10.1. The Hall–Kier alpha value is -3.22. The van der Waals surface area contributed by atoms with Crippen molar-refractivity contribution in [3.63, 3.8) is 0 Å². The van der Waals surface area contributed by atoms with E-state index in [4.69, 9.17) is 0 Å². The number of rotatable bonds is 3. The molecule has 0 spiro atoms. The van der Waals surface area contributed by atoms with Crippen LogP contribution in [-0.2, 0) is 0 Å². The average Bonchev–Trinajstić information content (AvgIpc) is 3.16. The molecule has 2 aromatic heterocycles. The van der Waals surface area contributed by atoms with E-state index in [-0.39, 0.29) is 17.9 Å². The minimum absolute atomic E-state index is 0.0390. The van der Waals surface area contributed by atoms with Gasteiger partial charge in [0.05, 0.1) is 0 Å². The molecule has 1 aliphatic heterocycles. The molecule has 0 unspecified atom stereocenters. The predicted octanol–water partition coefficient (Wildman–Crippen LogP) is 2.72. The highest BCUT2D eigenvalue weighted by atomic mass is 16.2. The highest BCUT2D eigenvalue weighted by Crippen LogP contribution is 2.22. The van der Waals surface area contributed by atoms with Gasteiger partial charge in [-0.1, -0.05) is 24.3 Å². The van der Waals surface area contributed by atoms with Crippen LogP contribution in [0.4, 0.5) is 0 Å².